The quantitative estimate of drug-likeness (QED) is 0.662. The number of carbonyl (C=O) groups is 1. The van der Waals surface area contributed by atoms with E-state index in [0.29, 0.717) is 0 Å². The van der Waals surface area contributed by atoms with Crippen LogP contribution < -0.4 is 10.9 Å². The second kappa shape index (κ2) is 5.38. The highest BCUT2D eigenvalue weighted by Gasteiger charge is 2.14. The molecule has 0 saturated heterocycles. The van der Waals surface area contributed by atoms with E-state index in [1.807, 2.05) is 0 Å². The molecular formula is C12H8F3N3O. The SMILES string of the molecule is O=C(NNc1cccc(F)c1)c1nc(F)ccc1F. The molecule has 0 bridgehead atoms. The molecule has 0 aliphatic rings. The third-order valence-corrected chi connectivity index (χ3v) is 2.17. The van der Waals surface area contributed by atoms with Crippen molar-refractivity contribution in [3.8, 4) is 0 Å². The van der Waals surface area contributed by atoms with Crippen molar-refractivity contribution in [2.45, 2.75) is 0 Å². The number of amides is 1. The van der Waals surface area contributed by atoms with Gasteiger partial charge in [-0.05, 0) is 30.3 Å². The Morgan fingerprint density at radius 3 is 2.63 bits per heavy atom. The highest BCUT2D eigenvalue weighted by Crippen LogP contribution is 2.09. The van der Waals surface area contributed by atoms with E-state index >= 15 is 0 Å². The average molecular weight is 267 g/mol. The maximum absolute atomic E-state index is 13.2. The summed E-state index contributed by atoms with van der Waals surface area (Å²) in [6, 6.07) is 6.84. The van der Waals surface area contributed by atoms with Gasteiger partial charge in [-0.2, -0.15) is 4.39 Å². The second-order valence-electron chi connectivity index (χ2n) is 3.55. The Labute approximate surface area is 106 Å². The molecular weight excluding hydrogens is 259 g/mol. The van der Waals surface area contributed by atoms with E-state index in [2.05, 4.69) is 15.8 Å². The number of hydrazine groups is 1. The van der Waals surface area contributed by atoms with Crippen molar-refractivity contribution in [2.24, 2.45) is 0 Å². The molecule has 1 aromatic heterocycles. The number of aromatic nitrogens is 1. The van der Waals surface area contributed by atoms with Gasteiger partial charge < -0.3 is 0 Å². The Morgan fingerprint density at radius 1 is 1.11 bits per heavy atom. The average Bonchev–Trinajstić information content (AvgIpc) is 2.39. The zero-order chi connectivity index (χ0) is 13.8. The molecule has 4 nitrogen and oxygen atoms in total. The molecule has 98 valence electrons. The maximum Gasteiger partial charge on any atom is 0.291 e. The first-order valence-corrected chi connectivity index (χ1v) is 5.20. The van der Waals surface area contributed by atoms with Gasteiger partial charge in [0.25, 0.3) is 5.91 Å². The van der Waals surface area contributed by atoms with Crippen LogP contribution in [0.3, 0.4) is 0 Å². The normalized spacial score (nSPS) is 10.1. The van der Waals surface area contributed by atoms with Gasteiger partial charge in [0.1, 0.15) is 5.82 Å². The van der Waals surface area contributed by atoms with Crippen LogP contribution in [0.25, 0.3) is 0 Å². The van der Waals surface area contributed by atoms with Crippen molar-refractivity contribution < 1.29 is 18.0 Å². The highest BCUT2D eigenvalue weighted by atomic mass is 19.1. The molecule has 0 aliphatic heterocycles. The summed E-state index contributed by atoms with van der Waals surface area (Å²) in [6.07, 6.45) is 0. The number of hydrogen-bond acceptors (Lipinski definition) is 3. The van der Waals surface area contributed by atoms with Crippen LogP contribution in [0.1, 0.15) is 10.5 Å². The smallest absolute Gasteiger partial charge is 0.291 e. The molecule has 2 rings (SSSR count). The Balaban J connectivity index is 2.07. The van der Waals surface area contributed by atoms with E-state index in [1.165, 1.54) is 18.2 Å². The standard InChI is InChI=1S/C12H8F3N3O/c13-7-2-1-3-8(6-7)17-18-12(19)11-9(14)4-5-10(15)16-11/h1-6,17H,(H,18,19). The van der Waals surface area contributed by atoms with Crippen LogP contribution in [0.5, 0.6) is 0 Å². The predicted octanol–water partition coefficient (Wildman–Crippen LogP) is 2.26. The third kappa shape index (κ3) is 3.21. The lowest BCUT2D eigenvalue weighted by Crippen LogP contribution is -2.31. The van der Waals surface area contributed by atoms with Gasteiger partial charge in [0, 0.05) is 0 Å². The van der Waals surface area contributed by atoms with E-state index in [-0.39, 0.29) is 5.69 Å². The minimum atomic E-state index is -0.975. The zero-order valence-electron chi connectivity index (χ0n) is 9.45. The van der Waals surface area contributed by atoms with E-state index < -0.39 is 29.2 Å². The van der Waals surface area contributed by atoms with Crippen molar-refractivity contribution in [1.29, 1.82) is 0 Å². The molecule has 0 unspecified atom stereocenters. The Morgan fingerprint density at radius 2 is 1.89 bits per heavy atom. The summed E-state index contributed by atoms with van der Waals surface area (Å²) in [4.78, 5) is 14.7. The lowest BCUT2D eigenvalue weighted by molar-refractivity contribution is 0.0952. The molecule has 0 aliphatic carbocycles. The van der Waals surface area contributed by atoms with Gasteiger partial charge >= 0.3 is 0 Å². The molecule has 7 heteroatoms. The van der Waals surface area contributed by atoms with E-state index in [4.69, 9.17) is 0 Å². The van der Waals surface area contributed by atoms with Crippen LogP contribution in [-0.2, 0) is 0 Å². The van der Waals surface area contributed by atoms with Crippen molar-refractivity contribution in [3.05, 3.63) is 59.7 Å². The summed E-state index contributed by atoms with van der Waals surface area (Å²) in [7, 11) is 0. The Hall–Kier alpha value is -2.57. The van der Waals surface area contributed by atoms with Gasteiger partial charge in [-0.1, -0.05) is 6.07 Å². The third-order valence-electron chi connectivity index (χ3n) is 2.17. The molecule has 19 heavy (non-hydrogen) atoms. The van der Waals surface area contributed by atoms with E-state index in [1.54, 1.807) is 0 Å². The number of nitrogens with zero attached hydrogens (tertiary/aromatic N) is 1. The van der Waals surface area contributed by atoms with Crippen LogP contribution in [-0.4, -0.2) is 10.9 Å². The van der Waals surface area contributed by atoms with Crippen LogP contribution in [0.2, 0.25) is 0 Å². The lowest BCUT2D eigenvalue weighted by Gasteiger charge is -2.08. The van der Waals surface area contributed by atoms with E-state index in [9.17, 15) is 18.0 Å². The Bertz CT molecular complexity index is 619. The number of halogens is 3. The van der Waals surface area contributed by atoms with Crippen LogP contribution >= 0.6 is 0 Å². The number of carbonyl (C=O) groups excluding carboxylic acids is 1. The Kier molecular flexibility index (Phi) is 3.65. The fourth-order valence-electron chi connectivity index (χ4n) is 1.33. The number of hydrogen-bond donors (Lipinski definition) is 2. The van der Waals surface area contributed by atoms with Gasteiger partial charge in [0.05, 0.1) is 5.69 Å². The van der Waals surface area contributed by atoms with Gasteiger partial charge in [0.2, 0.25) is 5.95 Å². The number of anilines is 1. The molecule has 0 saturated carbocycles. The molecule has 0 fully saturated rings. The van der Waals surface area contributed by atoms with Crippen LogP contribution in [0.4, 0.5) is 18.9 Å². The fraction of sp³-hybridized carbons (Fsp3) is 0. The van der Waals surface area contributed by atoms with E-state index in [0.717, 1.165) is 18.2 Å². The van der Waals surface area contributed by atoms with Crippen molar-refractivity contribution in [1.82, 2.24) is 10.4 Å². The molecule has 0 spiro atoms. The summed E-state index contributed by atoms with van der Waals surface area (Å²) >= 11 is 0. The molecule has 2 N–H and O–H groups in total. The summed E-state index contributed by atoms with van der Waals surface area (Å²) in [5, 5.41) is 0. The summed E-state index contributed by atoms with van der Waals surface area (Å²) in [6.45, 7) is 0. The van der Waals surface area contributed by atoms with Gasteiger partial charge in [-0.15, -0.1) is 0 Å². The summed E-state index contributed by atoms with van der Waals surface area (Å²) in [5.74, 6) is -3.41. The largest absolute Gasteiger partial charge is 0.298 e. The first kappa shape index (κ1) is 12.9. The highest BCUT2D eigenvalue weighted by molar-refractivity contribution is 5.93. The molecule has 2 aromatic rings. The summed E-state index contributed by atoms with van der Waals surface area (Å²) < 4.78 is 38.9. The molecule has 1 amide bonds. The number of nitrogens with one attached hydrogen (secondary N) is 2. The maximum atomic E-state index is 13.2. The van der Waals surface area contributed by atoms with Crippen molar-refractivity contribution in [2.75, 3.05) is 5.43 Å². The topological polar surface area (TPSA) is 54.0 Å². The molecule has 0 radical (unpaired) electrons. The fourth-order valence-corrected chi connectivity index (χ4v) is 1.33. The monoisotopic (exact) mass is 267 g/mol. The second-order valence-corrected chi connectivity index (χ2v) is 3.55. The van der Waals surface area contributed by atoms with Gasteiger partial charge in [-0.3, -0.25) is 15.6 Å². The van der Waals surface area contributed by atoms with Crippen LogP contribution in [0.15, 0.2) is 36.4 Å². The molecule has 0 atom stereocenters. The molecule has 1 heterocycles. The number of benzene rings is 1. The zero-order valence-corrected chi connectivity index (χ0v) is 9.45. The van der Waals surface area contributed by atoms with Gasteiger partial charge in [-0.25, -0.2) is 13.8 Å². The van der Waals surface area contributed by atoms with Crippen molar-refractivity contribution in [3.63, 3.8) is 0 Å². The predicted molar refractivity (Wildman–Crippen MR) is 61.6 cm³/mol. The minimum Gasteiger partial charge on any atom is -0.298 e. The molecule has 1 aromatic carbocycles. The van der Waals surface area contributed by atoms with Crippen molar-refractivity contribution >= 4 is 11.6 Å². The first-order valence-electron chi connectivity index (χ1n) is 5.20. The van der Waals surface area contributed by atoms with Gasteiger partial charge in [0.15, 0.2) is 11.5 Å². The number of pyridine rings is 1. The number of rotatable bonds is 3. The van der Waals surface area contributed by atoms with Crippen LogP contribution in [0, 0.1) is 17.6 Å². The lowest BCUT2D eigenvalue weighted by atomic mass is 10.3. The summed E-state index contributed by atoms with van der Waals surface area (Å²) in [5.41, 5.74) is 4.01. The first-order chi connectivity index (χ1) is 9.06. The minimum absolute atomic E-state index is 0.255.